The van der Waals surface area contributed by atoms with Crippen molar-refractivity contribution < 1.29 is 19.2 Å². The molecular weight excluding hydrogens is 264 g/mol. The van der Waals surface area contributed by atoms with Gasteiger partial charge in [-0.3, -0.25) is 14.9 Å². The van der Waals surface area contributed by atoms with Crippen LogP contribution in [0, 0.1) is 17.0 Å². The summed E-state index contributed by atoms with van der Waals surface area (Å²) < 4.78 is 10.1. The average Bonchev–Trinajstić information content (AvgIpc) is 2.39. The largest absolute Gasteiger partial charge is 0.354 e. The molecule has 0 aliphatic rings. The SMILES string of the molecule is COC(OC)C(C)NC(=O)c1cccc([N+](=O)[O-])c1C. The third kappa shape index (κ3) is 3.52. The molecule has 7 heteroatoms. The van der Waals surface area contributed by atoms with E-state index in [0.717, 1.165) is 0 Å². The molecule has 1 aromatic carbocycles. The summed E-state index contributed by atoms with van der Waals surface area (Å²) in [5, 5.41) is 13.5. The second kappa shape index (κ2) is 6.97. The number of nitrogens with zero attached hydrogens (tertiary/aromatic N) is 1. The van der Waals surface area contributed by atoms with Gasteiger partial charge in [-0.05, 0) is 19.9 Å². The summed E-state index contributed by atoms with van der Waals surface area (Å²) in [4.78, 5) is 22.5. The second-order valence-corrected chi connectivity index (χ2v) is 4.31. The number of carbonyl (C=O) groups is 1. The Morgan fingerprint density at radius 3 is 2.45 bits per heavy atom. The zero-order valence-electron chi connectivity index (χ0n) is 11.9. The maximum Gasteiger partial charge on any atom is 0.273 e. The van der Waals surface area contributed by atoms with Gasteiger partial charge in [0.25, 0.3) is 11.6 Å². The smallest absolute Gasteiger partial charge is 0.273 e. The number of methoxy groups -OCH3 is 2. The first kappa shape index (κ1) is 16.1. The highest BCUT2D eigenvalue weighted by molar-refractivity contribution is 5.96. The summed E-state index contributed by atoms with van der Waals surface area (Å²) >= 11 is 0. The number of nitro groups is 1. The predicted octanol–water partition coefficient (Wildman–Crippen LogP) is 1.64. The molecule has 1 unspecified atom stereocenters. The summed E-state index contributed by atoms with van der Waals surface area (Å²) in [6.07, 6.45) is -0.585. The van der Waals surface area contributed by atoms with Gasteiger partial charge in [0.1, 0.15) is 0 Å². The summed E-state index contributed by atoms with van der Waals surface area (Å²) in [7, 11) is 2.94. The highest BCUT2D eigenvalue weighted by atomic mass is 16.7. The van der Waals surface area contributed by atoms with E-state index in [2.05, 4.69) is 5.32 Å². The van der Waals surface area contributed by atoms with E-state index in [9.17, 15) is 14.9 Å². The van der Waals surface area contributed by atoms with Gasteiger partial charge in [-0.25, -0.2) is 0 Å². The van der Waals surface area contributed by atoms with E-state index in [4.69, 9.17) is 9.47 Å². The lowest BCUT2D eigenvalue weighted by molar-refractivity contribution is -0.385. The molecule has 1 aromatic rings. The predicted molar refractivity (Wildman–Crippen MR) is 72.6 cm³/mol. The first-order valence-corrected chi connectivity index (χ1v) is 6.02. The van der Waals surface area contributed by atoms with Crippen molar-refractivity contribution >= 4 is 11.6 Å². The third-order valence-corrected chi connectivity index (χ3v) is 2.98. The Morgan fingerprint density at radius 1 is 1.35 bits per heavy atom. The summed E-state index contributed by atoms with van der Waals surface area (Å²) in [5.41, 5.74) is 0.505. The van der Waals surface area contributed by atoms with Crippen LogP contribution in [-0.4, -0.2) is 37.4 Å². The molecule has 7 nitrogen and oxygen atoms in total. The van der Waals surface area contributed by atoms with Crippen LogP contribution in [0.2, 0.25) is 0 Å². The molecule has 20 heavy (non-hydrogen) atoms. The van der Waals surface area contributed by atoms with Crippen LogP contribution >= 0.6 is 0 Å². The van der Waals surface area contributed by atoms with E-state index in [-0.39, 0.29) is 11.3 Å². The van der Waals surface area contributed by atoms with Gasteiger partial charge in [0.2, 0.25) is 0 Å². The minimum absolute atomic E-state index is 0.0830. The van der Waals surface area contributed by atoms with Crippen molar-refractivity contribution in [3.05, 3.63) is 39.4 Å². The topological polar surface area (TPSA) is 90.7 Å². The maximum atomic E-state index is 12.1. The molecule has 1 amide bonds. The van der Waals surface area contributed by atoms with E-state index < -0.39 is 23.2 Å². The Labute approximate surface area is 117 Å². The molecule has 0 aliphatic heterocycles. The molecule has 1 N–H and O–H groups in total. The Hall–Kier alpha value is -1.99. The molecule has 0 heterocycles. The van der Waals surface area contributed by atoms with Crippen LogP contribution in [0.15, 0.2) is 18.2 Å². The second-order valence-electron chi connectivity index (χ2n) is 4.31. The third-order valence-electron chi connectivity index (χ3n) is 2.98. The molecule has 0 saturated heterocycles. The fourth-order valence-electron chi connectivity index (χ4n) is 1.92. The number of benzene rings is 1. The van der Waals surface area contributed by atoms with Crippen molar-refractivity contribution in [2.75, 3.05) is 14.2 Å². The number of ether oxygens (including phenoxy) is 2. The van der Waals surface area contributed by atoms with Crippen LogP contribution in [0.1, 0.15) is 22.8 Å². The number of carbonyl (C=O) groups excluding carboxylic acids is 1. The number of amides is 1. The molecule has 0 aromatic heterocycles. The van der Waals surface area contributed by atoms with Gasteiger partial charge in [0.15, 0.2) is 6.29 Å². The Morgan fingerprint density at radius 2 is 1.95 bits per heavy atom. The highest BCUT2D eigenvalue weighted by Crippen LogP contribution is 2.21. The fraction of sp³-hybridized carbons (Fsp3) is 0.462. The molecule has 0 radical (unpaired) electrons. The van der Waals surface area contributed by atoms with E-state index >= 15 is 0 Å². The van der Waals surface area contributed by atoms with Crippen LogP contribution in [0.3, 0.4) is 0 Å². The van der Waals surface area contributed by atoms with Crippen LogP contribution in [-0.2, 0) is 9.47 Å². The van der Waals surface area contributed by atoms with E-state index in [1.807, 2.05) is 0 Å². The van der Waals surface area contributed by atoms with Gasteiger partial charge < -0.3 is 14.8 Å². The van der Waals surface area contributed by atoms with Gasteiger partial charge in [0, 0.05) is 31.4 Å². The average molecular weight is 282 g/mol. The lowest BCUT2D eigenvalue weighted by Gasteiger charge is -2.22. The number of hydrogen-bond acceptors (Lipinski definition) is 5. The Bertz CT molecular complexity index is 500. The standard InChI is InChI=1S/C13H18N2O5/c1-8-10(6-5-7-11(8)15(17)18)12(16)14-9(2)13(19-3)20-4/h5-7,9,13H,1-4H3,(H,14,16). The van der Waals surface area contributed by atoms with E-state index in [1.165, 1.54) is 26.4 Å². The molecule has 1 rings (SSSR count). The van der Waals surface area contributed by atoms with Gasteiger partial charge in [0.05, 0.1) is 11.0 Å². The number of nitro benzene ring substituents is 1. The van der Waals surface area contributed by atoms with Gasteiger partial charge >= 0.3 is 0 Å². The minimum Gasteiger partial charge on any atom is -0.354 e. The number of rotatable bonds is 6. The quantitative estimate of drug-likeness (QED) is 0.486. The lowest BCUT2D eigenvalue weighted by atomic mass is 10.1. The molecular formula is C13H18N2O5. The van der Waals surface area contributed by atoms with Gasteiger partial charge in [-0.2, -0.15) is 0 Å². The normalized spacial score (nSPS) is 12.2. The van der Waals surface area contributed by atoms with Gasteiger partial charge in [-0.15, -0.1) is 0 Å². The van der Waals surface area contributed by atoms with Crippen molar-refractivity contribution in [3.8, 4) is 0 Å². The van der Waals surface area contributed by atoms with E-state index in [0.29, 0.717) is 5.56 Å². The van der Waals surface area contributed by atoms with E-state index in [1.54, 1.807) is 19.9 Å². The molecule has 0 aliphatic carbocycles. The van der Waals surface area contributed by atoms with Crippen LogP contribution < -0.4 is 5.32 Å². The maximum absolute atomic E-state index is 12.1. The zero-order chi connectivity index (χ0) is 15.3. The van der Waals surface area contributed by atoms with Gasteiger partial charge in [-0.1, -0.05) is 6.07 Å². The van der Waals surface area contributed by atoms with Crippen LogP contribution in [0.4, 0.5) is 5.69 Å². The Balaban J connectivity index is 2.93. The highest BCUT2D eigenvalue weighted by Gasteiger charge is 2.22. The zero-order valence-corrected chi connectivity index (χ0v) is 11.9. The van der Waals surface area contributed by atoms with Crippen molar-refractivity contribution in [2.45, 2.75) is 26.2 Å². The molecule has 1 atom stereocenters. The monoisotopic (exact) mass is 282 g/mol. The fourth-order valence-corrected chi connectivity index (χ4v) is 1.92. The molecule has 0 fully saturated rings. The molecule has 0 bridgehead atoms. The number of nitrogens with one attached hydrogen (secondary N) is 1. The lowest BCUT2D eigenvalue weighted by Crippen LogP contribution is -2.43. The summed E-state index contributed by atoms with van der Waals surface area (Å²) in [6, 6.07) is 3.99. The van der Waals surface area contributed by atoms with Crippen molar-refractivity contribution in [3.63, 3.8) is 0 Å². The van der Waals surface area contributed by atoms with Crippen molar-refractivity contribution in [1.29, 1.82) is 0 Å². The summed E-state index contributed by atoms with van der Waals surface area (Å²) in [5.74, 6) is -0.405. The van der Waals surface area contributed by atoms with Crippen LogP contribution in [0.5, 0.6) is 0 Å². The molecule has 110 valence electrons. The first-order chi connectivity index (χ1) is 9.42. The van der Waals surface area contributed by atoms with Crippen LogP contribution in [0.25, 0.3) is 0 Å². The Kier molecular flexibility index (Phi) is 5.60. The summed E-state index contributed by atoms with van der Waals surface area (Å²) in [6.45, 7) is 3.27. The molecule has 0 saturated carbocycles. The minimum atomic E-state index is -0.585. The van der Waals surface area contributed by atoms with Crippen molar-refractivity contribution in [1.82, 2.24) is 5.32 Å². The van der Waals surface area contributed by atoms with Crippen molar-refractivity contribution in [2.24, 2.45) is 0 Å². The number of hydrogen-bond donors (Lipinski definition) is 1. The first-order valence-electron chi connectivity index (χ1n) is 6.02. The molecule has 0 spiro atoms.